The molecule has 4 nitrogen and oxygen atoms in total. The fraction of sp³-hybridized carbons (Fsp3) is 0.562. The van der Waals surface area contributed by atoms with E-state index in [1.165, 1.54) is 6.42 Å². The summed E-state index contributed by atoms with van der Waals surface area (Å²) in [5, 5.41) is 0. The third kappa shape index (κ3) is 3.73. The lowest BCUT2D eigenvalue weighted by Crippen LogP contribution is -2.42. The lowest BCUT2D eigenvalue weighted by molar-refractivity contribution is -0.133. The maximum absolute atomic E-state index is 12.3. The Morgan fingerprint density at radius 2 is 2.05 bits per heavy atom. The van der Waals surface area contributed by atoms with Crippen molar-refractivity contribution in [3.8, 4) is 0 Å². The summed E-state index contributed by atoms with van der Waals surface area (Å²) < 4.78 is 0. The van der Waals surface area contributed by atoms with Gasteiger partial charge < -0.3 is 10.6 Å². The van der Waals surface area contributed by atoms with Crippen LogP contribution in [-0.2, 0) is 4.79 Å². The van der Waals surface area contributed by atoms with Crippen LogP contribution in [0.3, 0.4) is 0 Å². The van der Waals surface area contributed by atoms with Crippen molar-refractivity contribution in [2.45, 2.75) is 32.2 Å². The van der Waals surface area contributed by atoms with Crippen molar-refractivity contribution in [1.82, 2.24) is 9.80 Å². The maximum atomic E-state index is 12.3. The monoisotopic (exact) mass is 275 g/mol. The number of anilines is 1. The normalized spacial score (nSPS) is 17.2. The molecule has 1 aromatic carbocycles. The third-order valence-electron chi connectivity index (χ3n) is 4.15. The van der Waals surface area contributed by atoms with Gasteiger partial charge in [-0.15, -0.1) is 0 Å². The van der Waals surface area contributed by atoms with Crippen molar-refractivity contribution in [3.63, 3.8) is 0 Å². The number of nitrogen functional groups attached to an aromatic ring is 1. The van der Waals surface area contributed by atoms with Gasteiger partial charge in [-0.05, 0) is 50.9 Å². The molecular formula is C16H25N3O. The van der Waals surface area contributed by atoms with Gasteiger partial charge in [0.2, 0.25) is 5.91 Å². The van der Waals surface area contributed by atoms with Gasteiger partial charge in [0, 0.05) is 24.8 Å². The fourth-order valence-corrected chi connectivity index (χ4v) is 2.67. The molecule has 1 amide bonds. The molecule has 4 heteroatoms. The van der Waals surface area contributed by atoms with E-state index < -0.39 is 0 Å². The Labute approximate surface area is 121 Å². The molecule has 2 N–H and O–H groups in total. The summed E-state index contributed by atoms with van der Waals surface area (Å²) in [6, 6.07) is 8.07. The lowest BCUT2D eigenvalue weighted by atomic mass is 10.1. The van der Waals surface area contributed by atoms with E-state index in [1.54, 1.807) is 0 Å². The number of rotatable bonds is 4. The highest BCUT2D eigenvalue weighted by atomic mass is 16.2. The third-order valence-corrected chi connectivity index (χ3v) is 4.15. The molecule has 2 rings (SSSR count). The summed E-state index contributed by atoms with van der Waals surface area (Å²) in [7, 11) is 2.00. The Bertz CT molecular complexity index is 455. The molecule has 0 aromatic heterocycles. The number of nitrogens with two attached hydrogens (primary N) is 1. The van der Waals surface area contributed by atoms with Gasteiger partial charge in [0.15, 0.2) is 0 Å². The van der Waals surface area contributed by atoms with Crippen LogP contribution >= 0.6 is 0 Å². The predicted molar refractivity (Wildman–Crippen MR) is 82.3 cm³/mol. The number of piperidine rings is 1. The lowest BCUT2D eigenvalue weighted by Gasteiger charge is -2.31. The number of likely N-dealkylation sites (N-methyl/N-ethyl adjacent to an activating group) is 1. The molecule has 1 fully saturated rings. The summed E-state index contributed by atoms with van der Waals surface area (Å²) in [6.07, 6.45) is 3.53. The zero-order chi connectivity index (χ0) is 14.5. The second-order valence-corrected chi connectivity index (χ2v) is 5.70. The first kappa shape index (κ1) is 14.9. The minimum absolute atomic E-state index is 0.187. The minimum Gasteiger partial charge on any atom is -0.399 e. The first-order chi connectivity index (χ1) is 9.58. The summed E-state index contributed by atoms with van der Waals surface area (Å²) >= 11 is 0. The Morgan fingerprint density at radius 1 is 1.35 bits per heavy atom. The van der Waals surface area contributed by atoms with Crippen LogP contribution in [0.2, 0.25) is 0 Å². The second-order valence-electron chi connectivity index (χ2n) is 5.70. The highest BCUT2D eigenvalue weighted by Gasteiger charge is 2.20. The Balaban J connectivity index is 1.93. The van der Waals surface area contributed by atoms with Crippen LogP contribution in [0.4, 0.5) is 5.69 Å². The number of amides is 1. The van der Waals surface area contributed by atoms with Gasteiger partial charge in [-0.2, -0.15) is 0 Å². The number of carbonyl (C=O) groups is 1. The van der Waals surface area contributed by atoms with E-state index in [1.807, 2.05) is 30.1 Å². The van der Waals surface area contributed by atoms with E-state index in [4.69, 9.17) is 5.73 Å². The Kier molecular flexibility index (Phi) is 5.01. The molecule has 1 unspecified atom stereocenters. The minimum atomic E-state index is 0.187. The largest absolute Gasteiger partial charge is 0.399 e. The van der Waals surface area contributed by atoms with Crippen LogP contribution in [0.1, 0.15) is 37.8 Å². The molecule has 0 saturated carbocycles. The average molecular weight is 275 g/mol. The average Bonchev–Trinajstić information content (AvgIpc) is 2.47. The zero-order valence-electron chi connectivity index (χ0n) is 12.5. The Hall–Kier alpha value is -1.55. The number of nitrogens with zero attached hydrogens (tertiary/aromatic N) is 2. The number of hydrogen-bond donors (Lipinski definition) is 1. The second kappa shape index (κ2) is 6.75. The molecular weight excluding hydrogens is 250 g/mol. The first-order valence-electron chi connectivity index (χ1n) is 7.41. The topological polar surface area (TPSA) is 49.6 Å². The molecule has 1 saturated heterocycles. The molecule has 1 aliphatic heterocycles. The highest BCUT2D eigenvalue weighted by molar-refractivity contribution is 5.78. The van der Waals surface area contributed by atoms with Crippen molar-refractivity contribution < 1.29 is 4.79 Å². The smallest absolute Gasteiger partial charge is 0.236 e. The number of hydrogen-bond acceptors (Lipinski definition) is 3. The van der Waals surface area contributed by atoms with E-state index in [0.29, 0.717) is 6.54 Å². The van der Waals surface area contributed by atoms with Crippen LogP contribution in [0.25, 0.3) is 0 Å². The van der Waals surface area contributed by atoms with Gasteiger partial charge in [-0.3, -0.25) is 9.69 Å². The quantitative estimate of drug-likeness (QED) is 0.858. The maximum Gasteiger partial charge on any atom is 0.236 e. The van der Waals surface area contributed by atoms with E-state index in [-0.39, 0.29) is 11.9 Å². The summed E-state index contributed by atoms with van der Waals surface area (Å²) in [6.45, 7) is 4.41. The van der Waals surface area contributed by atoms with Crippen molar-refractivity contribution in [2.75, 3.05) is 32.4 Å². The van der Waals surface area contributed by atoms with Gasteiger partial charge in [-0.1, -0.05) is 12.1 Å². The highest BCUT2D eigenvalue weighted by Crippen LogP contribution is 2.21. The molecule has 0 radical (unpaired) electrons. The standard InChI is InChI=1S/C16H25N3O/c1-13(14-7-6-8-15(17)11-14)18(2)12-16(20)19-9-4-3-5-10-19/h6-8,11,13H,3-5,9-10,12,17H2,1-2H3. The van der Waals surface area contributed by atoms with Gasteiger partial charge >= 0.3 is 0 Å². The summed E-state index contributed by atoms with van der Waals surface area (Å²) in [4.78, 5) is 16.4. The van der Waals surface area contributed by atoms with E-state index in [0.717, 1.165) is 37.2 Å². The van der Waals surface area contributed by atoms with Crippen LogP contribution in [0.5, 0.6) is 0 Å². The summed E-state index contributed by atoms with van der Waals surface area (Å²) in [5.74, 6) is 0.239. The van der Waals surface area contributed by atoms with Crippen molar-refractivity contribution in [2.24, 2.45) is 0 Å². The van der Waals surface area contributed by atoms with Gasteiger partial charge in [-0.25, -0.2) is 0 Å². The zero-order valence-corrected chi connectivity index (χ0v) is 12.5. The van der Waals surface area contributed by atoms with Crippen LogP contribution < -0.4 is 5.73 Å². The molecule has 0 spiro atoms. The number of carbonyl (C=O) groups excluding carboxylic acids is 1. The molecule has 1 heterocycles. The summed E-state index contributed by atoms with van der Waals surface area (Å²) in [5.41, 5.74) is 7.74. The molecule has 20 heavy (non-hydrogen) atoms. The Morgan fingerprint density at radius 3 is 2.70 bits per heavy atom. The molecule has 110 valence electrons. The molecule has 1 aromatic rings. The van der Waals surface area contributed by atoms with Crippen molar-refractivity contribution in [1.29, 1.82) is 0 Å². The number of benzene rings is 1. The van der Waals surface area contributed by atoms with Crippen molar-refractivity contribution in [3.05, 3.63) is 29.8 Å². The van der Waals surface area contributed by atoms with Crippen LogP contribution in [0.15, 0.2) is 24.3 Å². The van der Waals surface area contributed by atoms with Crippen molar-refractivity contribution >= 4 is 11.6 Å². The fourth-order valence-electron chi connectivity index (χ4n) is 2.67. The van der Waals surface area contributed by atoms with Gasteiger partial charge in [0.25, 0.3) is 0 Å². The number of likely N-dealkylation sites (tertiary alicyclic amines) is 1. The van der Waals surface area contributed by atoms with Gasteiger partial charge in [0.05, 0.1) is 6.54 Å². The van der Waals surface area contributed by atoms with Crippen LogP contribution in [-0.4, -0.2) is 42.4 Å². The van der Waals surface area contributed by atoms with E-state index >= 15 is 0 Å². The van der Waals surface area contributed by atoms with Gasteiger partial charge in [0.1, 0.15) is 0 Å². The van der Waals surface area contributed by atoms with Crippen LogP contribution in [0, 0.1) is 0 Å². The van der Waals surface area contributed by atoms with E-state index in [2.05, 4.69) is 17.9 Å². The molecule has 0 bridgehead atoms. The molecule has 1 atom stereocenters. The SMILES string of the molecule is CC(c1cccc(N)c1)N(C)CC(=O)N1CCCCC1. The first-order valence-corrected chi connectivity index (χ1v) is 7.41. The van der Waals surface area contributed by atoms with E-state index in [9.17, 15) is 4.79 Å². The molecule has 0 aliphatic carbocycles. The molecule has 1 aliphatic rings. The predicted octanol–water partition coefficient (Wildman–Crippen LogP) is 2.27.